The van der Waals surface area contributed by atoms with Crippen LogP contribution < -0.4 is 5.32 Å². The number of carbonyl (C=O) groups is 1. The molecule has 0 aliphatic carbocycles. The molecular weight excluding hydrogens is 264 g/mol. The summed E-state index contributed by atoms with van der Waals surface area (Å²) in [6, 6.07) is 10.5. The van der Waals surface area contributed by atoms with E-state index in [0.717, 1.165) is 51.6 Å². The zero-order chi connectivity index (χ0) is 14.9. The van der Waals surface area contributed by atoms with Crippen LogP contribution in [0.15, 0.2) is 30.3 Å². The molecule has 1 aliphatic rings. The molecule has 4 nitrogen and oxygen atoms in total. The SMILES string of the molecule is O=C(NCCCCCc1ccccc1)N1CCC[C@H]1CO. The molecule has 4 heteroatoms. The lowest BCUT2D eigenvalue weighted by atomic mass is 10.1. The quantitative estimate of drug-likeness (QED) is 0.758. The molecule has 0 saturated carbocycles. The van der Waals surface area contributed by atoms with Crippen molar-refractivity contribution in [2.24, 2.45) is 0 Å². The summed E-state index contributed by atoms with van der Waals surface area (Å²) in [5, 5.41) is 12.2. The molecule has 0 aromatic heterocycles. The number of hydrogen-bond acceptors (Lipinski definition) is 2. The van der Waals surface area contributed by atoms with Crippen LogP contribution in [0.4, 0.5) is 4.79 Å². The second-order valence-electron chi connectivity index (χ2n) is 5.70. The van der Waals surface area contributed by atoms with Crippen molar-refractivity contribution in [1.82, 2.24) is 10.2 Å². The number of aliphatic hydroxyl groups excluding tert-OH is 1. The fraction of sp³-hybridized carbons (Fsp3) is 0.588. The number of benzene rings is 1. The first-order valence-electron chi connectivity index (χ1n) is 8.00. The van der Waals surface area contributed by atoms with Crippen molar-refractivity contribution < 1.29 is 9.90 Å². The maximum atomic E-state index is 12.0. The van der Waals surface area contributed by atoms with Gasteiger partial charge in [-0.15, -0.1) is 0 Å². The fourth-order valence-corrected chi connectivity index (χ4v) is 2.87. The second kappa shape index (κ2) is 8.67. The predicted molar refractivity (Wildman–Crippen MR) is 84.2 cm³/mol. The first-order chi connectivity index (χ1) is 10.3. The van der Waals surface area contributed by atoms with Crippen molar-refractivity contribution in [2.45, 2.75) is 44.6 Å². The van der Waals surface area contributed by atoms with Gasteiger partial charge in [-0.25, -0.2) is 4.79 Å². The van der Waals surface area contributed by atoms with E-state index in [9.17, 15) is 9.90 Å². The summed E-state index contributed by atoms with van der Waals surface area (Å²) in [7, 11) is 0. The van der Waals surface area contributed by atoms with Crippen molar-refractivity contribution in [1.29, 1.82) is 0 Å². The van der Waals surface area contributed by atoms with E-state index in [-0.39, 0.29) is 18.7 Å². The van der Waals surface area contributed by atoms with Crippen LogP contribution in [0.3, 0.4) is 0 Å². The Kier molecular flexibility index (Phi) is 6.54. The smallest absolute Gasteiger partial charge is 0.317 e. The second-order valence-corrected chi connectivity index (χ2v) is 5.70. The average Bonchev–Trinajstić information content (AvgIpc) is 3.00. The van der Waals surface area contributed by atoms with Crippen LogP contribution in [0.5, 0.6) is 0 Å². The van der Waals surface area contributed by atoms with Crippen LogP contribution in [-0.4, -0.2) is 41.8 Å². The van der Waals surface area contributed by atoms with Crippen LogP contribution in [0.2, 0.25) is 0 Å². The van der Waals surface area contributed by atoms with E-state index in [4.69, 9.17) is 0 Å². The molecule has 1 heterocycles. The lowest BCUT2D eigenvalue weighted by Crippen LogP contribution is -2.44. The molecule has 0 unspecified atom stereocenters. The molecule has 21 heavy (non-hydrogen) atoms. The van der Waals surface area contributed by atoms with Gasteiger partial charge in [-0.05, 0) is 37.7 Å². The van der Waals surface area contributed by atoms with E-state index in [0.29, 0.717) is 0 Å². The van der Waals surface area contributed by atoms with E-state index >= 15 is 0 Å². The Morgan fingerprint density at radius 3 is 2.81 bits per heavy atom. The first kappa shape index (κ1) is 15.8. The summed E-state index contributed by atoms with van der Waals surface area (Å²) in [6.07, 6.45) is 6.31. The highest BCUT2D eigenvalue weighted by Crippen LogP contribution is 2.16. The fourth-order valence-electron chi connectivity index (χ4n) is 2.87. The number of hydrogen-bond donors (Lipinski definition) is 2. The van der Waals surface area contributed by atoms with Crippen molar-refractivity contribution in [3.63, 3.8) is 0 Å². The Balaban J connectivity index is 1.54. The van der Waals surface area contributed by atoms with E-state index < -0.39 is 0 Å². The molecule has 1 saturated heterocycles. The molecule has 2 rings (SSSR count). The minimum Gasteiger partial charge on any atom is -0.394 e. The number of nitrogens with one attached hydrogen (secondary N) is 1. The molecule has 0 radical (unpaired) electrons. The molecule has 2 N–H and O–H groups in total. The summed E-state index contributed by atoms with van der Waals surface area (Å²) < 4.78 is 0. The summed E-state index contributed by atoms with van der Waals surface area (Å²) in [4.78, 5) is 13.7. The van der Waals surface area contributed by atoms with E-state index in [1.54, 1.807) is 4.90 Å². The summed E-state index contributed by atoms with van der Waals surface area (Å²) in [5.74, 6) is 0. The van der Waals surface area contributed by atoms with Crippen molar-refractivity contribution in [3.05, 3.63) is 35.9 Å². The molecule has 1 aromatic carbocycles. The van der Waals surface area contributed by atoms with Gasteiger partial charge in [0.05, 0.1) is 12.6 Å². The van der Waals surface area contributed by atoms with Gasteiger partial charge in [0.2, 0.25) is 0 Å². The van der Waals surface area contributed by atoms with Gasteiger partial charge in [-0.2, -0.15) is 0 Å². The first-order valence-corrected chi connectivity index (χ1v) is 8.00. The summed E-state index contributed by atoms with van der Waals surface area (Å²) >= 11 is 0. The summed E-state index contributed by atoms with van der Waals surface area (Å²) in [5.41, 5.74) is 1.38. The van der Waals surface area contributed by atoms with E-state index in [1.807, 2.05) is 6.07 Å². The van der Waals surface area contributed by atoms with Gasteiger partial charge in [-0.1, -0.05) is 36.8 Å². The maximum absolute atomic E-state index is 12.0. The molecule has 1 aliphatic heterocycles. The minimum absolute atomic E-state index is 0.0167. The number of likely N-dealkylation sites (tertiary alicyclic amines) is 1. The Morgan fingerprint density at radius 2 is 2.05 bits per heavy atom. The molecule has 1 aromatic rings. The highest BCUT2D eigenvalue weighted by Gasteiger charge is 2.27. The highest BCUT2D eigenvalue weighted by atomic mass is 16.3. The maximum Gasteiger partial charge on any atom is 0.317 e. The van der Waals surface area contributed by atoms with Gasteiger partial charge in [-0.3, -0.25) is 0 Å². The molecule has 116 valence electrons. The van der Waals surface area contributed by atoms with Crippen LogP contribution in [0.25, 0.3) is 0 Å². The number of carbonyl (C=O) groups excluding carboxylic acids is 1. The van der Waals surface area contributed by atoms with Crippen LogP contribution in [-0.2, 0) is 6.42 Å². The number of rotatable bonds is 7. The van der Waals surface area contributed by atoms with Gasteiger partial charge in [0.25, 0.3) is 0 Å². The zero-order valence-electron chi connectivity index (χ0n) is 12.6. The Bertz CT molecular complexity index is 422. The average molecular weight is 290 g/mol. The normalized spacial score (nSPS) is 18.0. The largest absolute Gasteiger partial charge is 0.394 e. The van der Waals surface area contributed by atoms with Crippen LogP contribution >= 0.6 is 0 Å². The topological polar surface area (TPSA) is 52.6 Å². The molecule has 0 bridgehead atoms. The van der Waals surface area contributed by atoms with Crippen LogP contribution in [0.1, 0.15) is 37.7 Å². The number of aliphatic hydroxyl groups is 1. The number of aryl methyl sites for hydroxylation is 1. The van der Waals surface area contributed by atoms with Gasteiger partial charge in [0, 0.05) is 13.1 Å². The highest BCUT2D eigenvalue weighted by molar-refractivity contribution is 5.74. The van der Waals surface area contributed by atoms with E-state index in [2.05, 4.69) is 29.6 Å². The zero-order valence-corrected chi connectivity index (χ0v) is 12.6. The molecule has 1 fully saturated rings. The monoisotopic (exact) mass is 290 g/mol. The Labute approximate surface area is 127 Å². The molecule has 2 amide bonds. The lowest BCUT2D eigenvalue weighted by molar-refractivity contribution is 0.157. The van der Waals surface area contributed by atoms with Gasteiger partial charge in [0.1, 0.15) is 0 Å². The van der Waals surface area contributed by atoms with Gasteiger partial charge in [0.15, 0.2) is 0 Å². The molecule has 0 spiro atoms. The molecular formula is C17H26N2O2. The third-order valence-corrected chi connectivity index (χ3v) is 4.11. The van der Waals surface area contributed by atoms with Gasteiger partial charge >= 0.3 is 6.03 Å². The van der Waals surface area contributed by atoms with E-state index in [1.165, 1.54) is 5.56 Å². The van der Waals surface area contributed by atoms with Crippen molar-refractivity contribution >= 4 is 6.03 Å². The third-order valence-electron chi connectivity index (χ3n) is 4.11. The lowest BCUT2D eigenvalue weighted by Gasteiger charge is -2.23. The minimum atomic E-state index is -0.0189. The number of amides is 2. The Hall–Kier alpha value is -1.55. The van der Waals surface area contributed by atoms with Crippen molar-refractivity contribution in [2.75, 3.05) is 19.7 Å². The molecule has 1 atom stereocenters. The number of urea groups is 1. The predicted octanol–water partition coefficient (Wildman–Crippen LogP) is 2.57. The Morgan fingerprint density at radius 1 is 1.24 bits per heavy atom. The van der Waals surface area contributed by atoms with Crippen molar-refractivity contribution in [3.8, 4) is 0 Å². The number of unbranched alkanes of at least 4 members (excludes halogenated alkanes) is 2. The standard InChI is InChI=1S/C17H26N2O2/c20-14-16-11-7-13-19(16)17(21)18-12-6-2-5-10-15-8-3-1-4-9-15/h1,3-4,8-9,16,20H,2,5-7,10-14H2,(H,18,21)/t16-/m0/s1. The van der Waals surface area contributed by atoms with Crippen LogP contribution in [0, 0.1) is 0 Å². The number of nitrogens with zero attached hydrogens (tertiary/aromatic N) is 1. The van der Waals surface area contributed by atoms with Gasteiger partial charge < -0.3 is 15.3 Å². The third kappa shape index (κ3) is 5.05. The summed E-state index contributed by atoms with van der Waals surface area (Å²) in [6.45, 7) is 1.57.